The third-order valence-corrected chi connectivity index (χ3v) is 5.28. The molecule has 0 amide bonds. The van der Waals surface area contributed by atoms with Crippen molar-refractivity contribution in [2.24, 2.45) is 0 Å². The zero-order chi connectivity index (χ0) is 23.0. The predicted octanol–water partition coefficient (Wildman–Crippen LogP) is 4.69. The van der Waals surface area contributed by atoms with Crippen LogP contribution in [0.5, 0.6) is 0 Å². The van der Waals surface area contributed by atoms with E-state index < -0.39 is 17.4 Å². The van der Waals surface area contributed by atoms with E-state index in [-0.39, 0.29) is 6.54 Å². The van der Waals surface area contributed by atoms with Crippen LogP contribution < -0.4 is 5.69 Å². The smallest absolute Gasteiger partial charge is 0.265 e. The molecule has 0 aliphatic heterocycles. The van der Waals surface area contributed by atoms with Gasteiger partial charge in [0.25, 0.3) is 0 Å². The second-order valence-corrected chi connectivity index (χ2v) is 7.41. The molecular formula is C24H16F3N5O. The molecule has 0 radical (unpaired) electrons. The van der Waals surface area contributed by atoms with Gasteiger partial charge >= 0.3 is 11.9 Å². The van der Waals surface area contributed by atoms with Crippen LogP contribution in [0.3, 0.4) is 0 Å². The summed E-state index contributed by atoms with van der Waals surface area (Å²) in [6.45, 7) is 0.0107. The molecule has 0 fully saturated rings. The summed E-state index contributed by atoms with van der Waals surface area (Å²) in [5, 5.41) is 8.81. The Hall–Kier alpha value is -4.27. The normalized spacial score (nSPS) is 11.7. The average molecular weight is 447 g/mol. The molecule has 0 bridgehead atoms. The van der Waals surface area contributed by atoms with Gasteiger partial charge in [0.15, 0.2) is 5.65 Å². The summed E-state index contributed by atoms with van der Waals surface area (Å²) in [5.41, 5.74) is 2.85. The first-order valence-corrected chi connectivity index (χ1v) is 10.0. The van der Waals surface area contributed by atoms with Crippen LogP contribution in [-0.4, -0.2) is 24.4 Å². The van der Waals surface area contributed by atoms with Gasteiger partial charge in [-0.3, -0.25) is 4.98 Å². The number of rotatable bonds is 4. The highest BCUT2D eigenvalue weighted by molar-refractivity contribution is 5.90. The Balaban J connectivity index is 1.65. The monoisotopic (exact) mass is 447 g/mol. The molecule has 9 heteroatoms. The van der Waals surface area contributed by atoms with Gasteiger partial charge in [-0.2, -0.15) is 22.8 Å². The Morgan fingerprint density at radius 2 is 1.55 bits per heavy atom. The van der Waals surface area contributed by atoms with Gasteiger partial charge in [0, 0.05) is 23.5 Å². The van der Waals surface area contributed by atoms with Gasteiger partial charge in [-0.15, -0.1) is 5.10 Å². The van der Waals surface area contributed by atoms with Crippen LogP contribution in [0.1, 0.15) is 11.1 Å². The van der Waals surface area contributed by atoms with Crippen molar-refractivity contribution >= 4 is 5.65 Å². The molecule has 0 saturated heterocycles. The number of hydrogen-bond donors (Lipinski definition) is 0. The number of nitrogens with zero attached hydrogens (tertiary/aromatic N) is 5. The summed E-state index contributed by atoms with van der Waals surface area (Å²) in [6.07, 6.45) is 0.496. The molecule has 164 valence electrons. The first-order chi connectivity index (χ1) is 15.9. The molecule has 3 heterocycles. The second kappa shape index (κ2) is 8.01. The molecule has 0 unspecified atom stereocenters. The van der Waals surface area contributed by atoms with Crippen molar-refractivity contribution in [2.45, 2.75) is 12.7 Å². The maximum Gasteiger partial charge on any atom is 0.416 e. The molecule has 5 rings (SSSR count). The largest absolute Gasteiger partial charge is 0.416 e. The lowest BCUT2D eigenvalue weighted by molar-refractivity contribution is -0.137. The van der Waals surface area contributed by atoms with Crippen LogP contribution in [0.4, 0.5) is 13.2 Å². The fraction of sp³-hybridized carbons (Fsp3) is 0.0833. The zero-order valence-electron chi connectivity index (χ0n) is 17.1. The number of fused-ring (bicyclic) bond motifs is 1. The van der Waals surface area contributed by atoms with Gasteiger partial charge in [0.2, 0.25) is 0 Å². The van der Waals surface area contributed by atoms with Crippen LogP contribution >= 0.6 is 0 Å². The number of aromatic nitrogens is 5. The van der Waals surface area contributed by atoms with Crippen molar-refractivity contribution in [3.8, 4) is 22.3 Å². The molecule has 0 aliphatic rings. The SMILES string of the molecule is O=c1n(Cc2ccc(C(F)(F)F)cc2)nc2c(-c3ccncc3)c(-c3ccccc3)cnn12. The number of hydrogen-bond acceptors (Lipinski definition) is 4. The van der Waals surface area contributed by atoms with Crippen LogP contribution in [0.15, 0.2) is 90.1 Å². The maximum absolute atomic E-state index is 13.0. The highest BCUT2D eigenvalue weighted by atomic mass is 19.4. The van der Waals surface area contributed by atoms with Crippen molar-refractivity contribution in [1.82, 2.24) is 24.4 Å². The summed E-state index contributed by atoms with van der Waals surface area (Å²) >= 11 is 0. The van der Waals surface area contributed by atoms with Crippen LogP contribution in [0, 0.1) is 0 Å². The number of benzene rings is 2. The van der Waals surface area contributed by atoms with E-state index in [1.807, 2.05) is 42.5 Å². The number of halogens is 3. The van der Waals surface area contributed by atoms with E-state index >= 15 is 0 Å². The van der Waals surface area contributed by atoms with Crippen molar-refractivity contribution in [3.63, 3.8) is 0 Å². The molecule has 0 saturated carbocycles. The molecule has 5 aromatic rings. The summed E-state index contributed by atoms with van der Waals surface area (Å²) in [7, 11) is 0. The number of pyridine rings is 1. The number of alkyl halides is 3. The third kappa shape index (κ3) is 3.89. The van der Waals surface area contributed by atoms with Crippen molar-refractivity contribution < 1.29 is 13.2 Å². The molecule has 0 spiro atoms. The molecule has 33 heavy (non-hydrogen) atoms. The summed E-state index contributed by atoms with van der Waals surface area (Å²) < 4.78 is 40.9. The maximum atomic E-state index is 13.0. The van der Waals surface area contributed by atoms with Crippen molar-refractivity contribution in [1.29, 1.82) is 0 Å². The summed E-state index contributed by atoms with van der Waals surface area (Å²) in [4.78, 5) is 17.1. The molecule has 0 N–H and O–H groups in total. The van der Waals surface area contributed by atoms with Gasteiger partial charge in [-0.25, -0.2) is 9.48 Å². The lowest BCUT2D eigenvalue weighted by atomic mass is 9.98. The van der Waals surface area contributed by atoms with Gasteiger partial charge in [0.1, 0.15) is 0 Å². The van der Waals surface area contributed by atoms with Gasteiger partial charge in [-0.05, 0) is 41.0 Å². The highest BCUT2D eigenvalue weighted by Crippen LogP contribution is 2.33. The minimum Gasteiger partial charge on any atom is -0.265 e. The Morgan fingerprint density at radius 1 is 0.848 bits per heavy atom. The van der Waals surface area contributed by atoms with Gasteiger partial charge in [0.05, 0.1) is 18.3 Å². The zero-order valence-corrected chi connectivity index (χ0v) is 17.1. The minimum absolute atomic E-state index is 0.0107. The Morgan fingerprint density at radius 3 is 2.21 bits per heavy atom. The first-order valence-electron chi connectivity index (χ1n) is 10.0. The molecule has 0 atom stereocenters. The quantitative estimate of drug-likeness (QED) is 0.401. The summed E-state index contributed by atoms with van der Waals surface area (Å²) in [6, 6.07) is 17.9. The van der Waals surface area contributed by atoms with E-state index in [0.717, 1.165) is 28.8 Å². The standard InChI is InChI=1S/C24H16F3N5O/c25-24(26,27)19-8-6-16(7-9-19)15-31-23(33)32-22(30-31)21(18-10-12-28-13-11-18)20(14-29-32)17-4-2-1-3-5-17/h1-14H,15H2. The van der Waals surface area contributed by atoms with E-state index in [0.29, 0.717) is 16.8 Å². The van der Waals surface area contributed by atoms with Crippen LogP contribution in [-0.2, 0) is 12.7 Å². The Bertz CT molecular complexity index is 1470. The molecular weight excluding hydrogens is 431 g/mol. The van der Waals surface area contributed by atoms with E-state index in [4.69, 9.17) is 0 Å². The van der Waals surface area contributed by atoms with Crippen molar-refractivity contribution in [2.75, 3.05) is 0 Å². The van der Waals surface area contributed by atoms with Crippen LogP contribution in [0.2, 0.25) is 0 Å². The van der Waals surface area contributed by atoms with Crippen LogP contribution in [0.25, 0.3) is 27.9 Å². The minimum atomic E-state index is -4.42. The van der Waals surface area contributed by atoms with Gasteiger partial charge < -0.3 is 0 Å². The van der Waals surface area contributed by atoms with E-state index in [1.54, 1.807) is 18.6 Å². The van der Waals surface area contributed by atoms with E-state index in [1.165, 1.54) is 21.3 Å². The molecule has 3 aromatic heterocycles. The topological polar surface area (TPSA) is 65.1 Å². The average Bonchev–Trinajstić information content (AvgIpc) is 3.14. The van der Waals surface area contributed by atoms with Crippen molar-refractivity contribution in [3.05, 3.63) is 107 Å². The molecule has 2 aromatic carbocycles. The Labute approximate surface area is 185 Å². The summed E-state index contributed by atoms with van der Waals surface area (Å²) in [5.74, 6) is 0. The predicted molar refractivity (Wildman–Crippen MR) is 116 cm³/mol. The molecule has 0 aliphatic carbocycles. The fourth-order valence-corrected chi connectivity index (χ4v) is 3.67. The van der Waals surface area contributed by atoms with E-state index in [2.05, 4.69) is 15.2 Å². The lowest BCUT2D eigenvalue weighted by Gasteiger charge is -2.10. The Kier molecular flexibility index (Phi) is 5.01. The molecule has 6 nitrogen and oxygen atoms in total. The van der Waals surface area contributed by atoms with E-state index in [9.17, 15) is 18.0 Å². The van der Waals surface area contributed by atoms with Gasteiger partial charge in [-0.1, -0.05) is 42.5 Å². The third-order valence-electron chi connectivity index (χ3n) is 5.28. The second-order valence-electron chi connectivity index (χ2n) is 7.41. The lowest BCUT2D eigenvalue weighted by Crippen LogP contribution is -2.23. The fourth-order valence-electron chi connectivity index (χ4n) is 3.67. The first kappa shape index (κ1) is 20.6. The highest BCUT2D eigenvalue weighted by Gasteiger charge is 2.30.